The zero-order valence-corrected chi connectivity index (χ0v) is 13.5. The molecule has 0 aliphatic heterocycles. The van der Waals surface area contributed by atoms with Crippen molar-refractivity contribution in [1.29, 1.82) is 0 Å². The third-order valence-corrected chi connectivity index (χ3v) is 3.36. The van der Waals surface area contributed by atoms with Gasteiger partial charge in [-0.1, -0.05) is 37.3 Å². The Morgan fingerprint density at radius 2 is 1.83 bits per heavy atom. The van der Waals surface area contributed by atoms with Crippen LogP contribution in [0.5, 0.6) is 5.75 Å². The zero-order valence-electron chi connectivity index (χ0n) is 13.5. The Hall–Kier alpha value is -2.62. The van der Waals surface area contributed by atoms with Crippen LogP contribution in [0.4, 0.5) is 5.69 Å². The molecule has 0 saturated heterocycles. The SMILES string of the molecule is CCCC(=O)Nc1ccc(OCc2ccccc2)c(C(C)=O)c1. The van der Waals surface area contributed by atoms with Crippen molar-refractivity contribution in [2.24, 2.45) is 0 Å². The largest absolute Gasteiger partial charge is 0.488 e. The molecule has 2 aromatic rings. The average Bonchev–Trinajstić information content (AvgIpc) is 2.54. The maximum Gasteiger partial charge on any atom is 0.224 e. The highest BCUT2D eigenvalue weighted by atomic mass is 16.5. The molecular weight excluding hydrogens is 290 g/mol. The van der Waals surface area contributed by atoms with Crippen LogP contribution in [0, 0.1) is 0 Å². The predicted molar refractivity (Wildman–Crippen MR) is 90.8 cm³/mol. The molecule has 23 heavy (non-hydrogen) atoms. The summed E-state index contributed by atoms with van der Waals surface area (Å²) in [5.74, 6) is 0.370. The minimum absolute atomic E-state index is 0.0556. The number of benzene rings is 2. The van der Waals surface area contributed by atoms with Gasteiger partial charge in [-0.3, -0.25) is 9.59 Å². The molecule has 0 radical (unpaired) electrons. The second-order valence-electron chi connectivity index (χ2n) is 5.34. The monoisotopic (exact) mass is 311 g/mol. The van der Waals surface area contributed by atoms with E-state index in [1.807, 2.05) is 37.3 Å². The second-order valence-corrected chi connectivity index (χ2v) is 5.34. The van der Waals surface area contributed by atoms with Gasteiger partial charge in [0.05, 0.1) is 5.56 Å². The van der Waals surface area contributed by atoms with E-state index in [1.165, 1.54) is 6.92 Å². The first-order valence-electron chi connectivity index (χ1n) is 7.71. The number of carbonyl (C=O) groups is 2. The molecule has 0 bridgehead atoms. The van der Waals surface area contributed by atoms with Crippen molar-refractivity contribution in [3.8, 4) is 5.75 Å². The second kappa shape index (κ2) is 8.13. The third-order valence-electron chi connectivity index (χ3n) is 3.36. The van der Waals surface area contributed by atoms with Gasteiger partial charge in [-0.15, -0.1) is 0 Å². The van der Waals surface area contributed by atoms with Crippen molar-refractivity contribution >= 4 is 17.4 Å². The molecule has 4 nitrogen and oxygen atoms in total. The summed E-state index contributed by atoms with van der Waals surface area (Å²) in [5.41, 5.74) is 2.11. The minimum atomic E-state index is -0.0975. The molecule has 2 rings (SSSR count). The van der Waals surface area contributed by atoms with Crippen LogP contribution in [0.1, 0.15) is 42.6 Å². The molecule has 0 aliphatic rings. The number of anilines is 1. The van der Waals surface area contributed by atoms with Crippen LogP contribution < -0.4 is 10.1 Å². The number of ketones is 1. The Morgan fingerprint density at radius 1 is 1.09 bits per heavy atom. The van der Waals surface area contributed by atoms with Crippen LogP contribution >= 0.6 is 0 Å². The lowest BCUT2D eigenvalue weighted by Gasteiger charge is -2.12. The summed E-state index contributed by atoms with van der Waals surface area (Å²) in [4.78, 5) is 23.5. The number of hydrogen-bond acceptors (Lipinski definition) is 3. The molecule has 2 aromatic carbocycles. The van der Waals surface area contributed by atoms with E-state index in [4.69, 9.17) is 4.74 Å². The van der Waals surface area contributed by atoms with Gasteiger partial charge < -0.3 is 10.1 Å². The van der Waals surface area contributed by atoms with E-state index in [2.05, 4.69) is 5.32 Å². The highest BCUT2D eigenvalue weighted by molar-refractivity contribution is 5.99. The molecule has 0 aliphatic carbocycles. The maximum atomic E-state index is 11.8. The van der Waals surface area contributed by atoms with Gasteiger partial charge in [-0.25, -0.2) is 0 Å². The van der Waals surface area contributed by atoms with Crippen LogP contribution in [0.25, 0.3) is 0 Å². The Bertz CT molecular complexity index is 680. The van der Waals surface area contributed by atoms with Gasteiger partial charge in [0.15, 0.2) is 5.78 Å². The van der Waals surface area contributed by atoms with Crippen LogP contribution in [0.3, 0.4) is 0 Å². The van der Waals surface area contributed by atoms with Crippen molar-refractivity contribution in [3.63, 3.8) is 0 Å². The molecule has 0 fully saturated rings. The Morgan fingerprint density at radius 3 is 2.48 bits per heavy atom. The zero-order chi connectivity index (χ0) is 16.7. The smallest absolute Gasteiger partial charge is 0.224 e. The number of Topliss-reactive ketones (excluding diaryl/α,β-unsaturated/α-hetero) is 1. The first-order valence-corrected chi connectivity index (χ1v) is 7.71. The van der Waals surface area contributed by atoms with E-state index in [9.17, 15) is 9.59 Å². The van der Waals surface area contributed by atoms with Crippen molar-refractivity contribution in [2.75, 3.05) is 5.32 Å². The molecule has 4 heteroatoms. The van der Waals surface area contributed by atoms with E-state index in [1.54, 1.807) is 18.2 Å². The minimum Gasteiger partial charge on any atom is -0.488 e. The van der Waals surface area contributed by atoms with Gasteiger partial charge in [-0.05, 0) is 37.1 Å². The van der Waals surface area contributed by atoms with Gasteiger partial charge in [-0.2, -0.15) is 0 Å². The summed E-state index contributed by atoms with van der Waals surface area (Å²) in [6.45, 7) is 3.83. The number of carbonyl (C=O) groups excluding carboxylic acids is 2. The number of nitrogens with one attached hydrogen (secondary N) is 1. The molecular formula is C19H21NO3. The molecule has 0 spiro atoms. The Balaban J connectivity index is 2.13. The molecule has 0 aromatic heterocycles. The van der Waals surface area contributed by atoms with Gasteiger partial charge in [0.2, 0.25) is 5.91 Å². The fourth-order valence-corrected chi connectivity index (χ4v) is 2.19. The van der Waals surface area contributed by atoms with E-state index in [0.717, 1.165) is 12.0 Å². The van der Waals surface area contributed by atoms with Crippen LogP contribution in [-0.4, -0.2) is 11.7 Å². The third kappa shape index (κ3) is 4.95. The number of hydrogen-bond donors (Lipinski definition) is 1. The maximum absolute atomic E-state index is 11.8. The lowest BCUT2D eigenvalue weighted by molar-refractivity contribution is -0.116. The standard InChI is InChI=1S/C19H21NO3/c1-3-7-19(22)20-16-10-11-18(17(12-16)14(2)21)23-13-15-8-5-4-6-9-15/h4-6,8-12H,3,7,13H2,1-2H3,(H,20,22). The summed E-state index contributed by atoms with van der Waals surface area (Å²) in [6.07, 6.45) is 1.24. The molecule has 0 unspecified atom stereocenters. The van der Waals surface area contributed by atoms with E-state index in [-0.39, 0.29) is 11.7 Å². The van der Waals surface area contributed by atoms with Crippen molar-refractivity contribution < 1.29 is 14.3 Å². The summed E-state index contributed by atoms with van der Waals surface area (Å²) < 4.78 is 5.76. The van der Waals surface area contributed by atoms with Gasteiger partial charge in [0, 0.05) is 12.1 Å². The van der Waals surface area contributed by atoms with Crippen LogP contribution in [0.2, 0.25) is 0 Å². The normalized spacial score (nSPS) is 10.2. The lowest BCUT2D eigenvalue weighted by atomic mass is 10.1. The topological polar surface area (TPSA) is 55.4 Å². The number of rotatable bonds is 7. The van der Waals surface area contributed by atoms with E-state index in [0.29, 0.717) is 30.0 Å². The molecule has 120 valence electrons. The summed E-state index contributed by atoms with van der Waals surface area (Å²) in [5, 5.41) is 2.79. The fraction of sp³-hybridized carbons (Fsp3) is 0.263. The number of amides is 1. The van der Waals surface area contributed by atoms with Crippen LogP contribution in [0.15, 0.2) is 48.5 Å². The predicted octanol–water partition coefficient (Wildman–Crippen LogP) is 4.21. The lowest BCUT2D eigenvalue weighted by Crippen LogP contribution is -2.11. The van der Waals surface area contributed by atoms with Crippen molar-refractivity contribution in [1.82, 2.24) is 0 Å². The molecule has 0 heterocycles. The highest BCUT2D eigenvalue weighted by Crippen LogP contribution is 2.24. The highest BCUT2D eigenvalue weighted by Gasteiger charge is 2.11. The molecule has 1 amide bonds. The fourth-order valence-electron chi connectivity index (χ4n) is 2.19. The van der Waals surface area contributed by atoms with Gasteiger partial charge >= 0.3 is 0 Å². The molecule has 0 atom stereocenters. The summed E-state index contributed by atoms with van der Waals surface area (Å²) in [6, 6.07) is 14.9. The van der Waals surface area contributed by atoms with E-state index < -0.39 is 0 Å². The quantitative estimate of drug-likeness (QED) is 0.779. The first kappa shape index (κ1) is 16.7. The molecule has 0 saturated carbocycles. The van der Waals surface area contributed by atoms with Crippen LogP contribution in [-0.2, 0) is 11.4 Å². The molecule has 1 N–H and O–H groups in total. The summed E-state index contributed by atoms with van der Waals surface area (Å²) >= 11 is 0. The van der Waals surface area contributed by atoms with Crippen molar-refractivity contribution in [3.05, 3.63) is 59.7 Å². The van der Waals surface area contributed by atoms with Gasteiger partial charge in [0.25, 0.3) is 0 Å². The average molecular weight is 311 g/mol. The van der Waals surface area contributed by atoms with Gasteiger partial charge in [0.1, 0.15) is 12.4 Å². The van der Waals surface area contributed by atoms with E-state index >= 15 is 0 Å². The Kier molecular flexibility index (Phi) is 5.92. The number of ether oxygens (including phenoxy) is 1. The Labute approximate surface area is 136 Å². The van der Waals surface area contributed by atoms with Crippen molar-refractivity contribution in [2.45, 2.75) is 33.3 Å². The first-order chi connectivity index (χ1) is 11.1. The summed E-state index contributed by atoms with van der Waals surface area (Å²) in [7, 11) is 0.